The van der Waals surface area contributed by atoms with E-state index in [1.54, 1.807) is 6.92 Å². The number of nitrogens with zero attached hydrogens (tertiary/aromatic N) is 4. The Bertz CT molecular complexity index is 701. The molecule has 0 N–H and O–H groups in total. The van der Waals surface area contributed by atoms with E-state index in [9.17, 15) is 4.79 Å². The number of aryl methyl sites for hydroxylation is 1. The van der Waals surface area contributed by atoms with Crippen LogP contribution in [0.3, 0.4) is 0 Å². The fourth-order valence-electron chi connectivity index (χ4n) is 2.80. The van der Waals surface area contributed by atoms with Gasteiger partial charge in [-0.2, -0.15) is 4.98 Å². The van der Waals surface area contributed by atoms with Gasteiger partial charge in [-0.3, -0.25) is 4.98 Å². The second-order valence-electron chi connectivity index (χ2n) is 5.72. The minimum atomic E-state index is -0.448. The third-order valence-electron chi connectivity index (χ3n) is 3.99. The first kappa shape index (κ1) is 16.3. The predicted molar refractivity (Wildman–Crippen MR) is 90.5 cm³/mol. The zero-order valence-electron chi connectivity index (χ0n) is 14.1. The van der Waals surface area contributed by atoms with Crippen molar-refractivity contribution in [3.8, 4) is 0 Å². The van der Waals surface area contributed by atoms with Crippen molar-refractivity contribution in [2.45, 2.75) is 20.3 Å². The minimum Gasteiger partial charge on any atom is -0.461 e. The highest BCUT2D eigenvalue weighted by Crippen LogP contribution is 2.20. The highest BCUT2D eigenvalue weighted by Gasteiger charge is 2.21. The first-order valence-corrected chi connectivity index (χ1v) is 8.22. The smallest absolute Gasteiger partial charge is 0.360 e. The Morgan fingerprint density at radius 1 is 1.29 bits per heavy atom. The highest BCUT2D eigenvalue weighted by atomic mass is 16.5. The molecule has 0 amide bonds. The van der Waals surface area contributed by atoms with Crippen molar-refractivity contribution in [2.75, 3.05) is 42.6 Å². The van der Waals surface area contributed by atoms with E-state index in [0.29, 0.717) is 12.6 Å². The van der Waals surface area contributed by atoms with Crippen LogP contribution in [0.15, 0.2) is 29.0 Å². The van der Waals surface area contributed by atoms with Gasteiger partial charge in [-0.15, -0.1) is 0 Å². The van der Waals surface area contributed by atoms with Crippen LogP contribution in [-0.2, 0) is 4.74 Å². The molecule has 24 heavy (non-hydrogen) atoms. The molecule has 1 aliphatic rings. The van der Waals surface area contributed by atoms with E-state index in [2.05, 4.69) is 25.8 Å². The molecule has 3 heterocycles. The zero-order chi connectivity index (χ0) is 16.9. The Balaban J connectivity index is 1.66. The fourth-order valence-corrected chi connectivity index (χ4v) is 2.80. The van der Waals surface area contributed by atoms with Gasteiger partial charge in [0.25, 0.3) is 6.01 Å². The van der Waals surface area contributed by atoms with Crippen molar-refractivity contribution >= 4 is 17.7 Å². The van der Waals surface area contributed by atoms with Crippen LogP contribution in [0.4, 0.5) is 11.7 Å². The third kappa shape index (κ3) is 3.67. The lowest BCUT2D eigenvalue weighted by Crippen LogP contribution is -2.31. The number of ether oxygens (including phenoxy) is 1. The number of rotatable bonds is 4. The summed E-state index contributed by atoms with van der Waals surface area (Å²) in [5.41, 5.74) is 2.42. The molecule has 0 aliphatic carbocycles. The molecule has 0 saturated carbocycles. The fraction of sp³-hybridized carbons (Fsp3) is 0.471. The lowest BCUT2D eigenvalue weighted by Gasteiger charge is -2.23. The number of hydrogen-bond acceptors (Lipinski definition) is 7. The topological polar surface area (TPSA) is 71.7 Å². The van der Waals surface area contributed by atoms with Crippen LogP contribution in [-0.4, -0.2) is 48.7 Å². The van der Waals surface area contributed by atoms with E-state index in [0.717, 1.165) is 38.3 Å². The van der Waals surface area contributed by atoms with Gasteiger partial charge in [0, 0.05) is 43.8 Å². The van der Waals surface area contributed by atoms with Gasteiger partial charge in [-0.25, -0.2) is 4.79 Å². The molecule has 0 bridgehead atoms. The van der Waals surface area contributed by atoms with E-state index in [4.69, 9.17) is 9.15 Å². The molecule has 2 aromatic heterocycles. The molecule has 128 valence electrons. The Morgan fingerprint density at radius 3 is 2.88 bits per heavy atom. The lowest BCUT2D eigenvalue weighted by atomic mass is 10.3. The number of esters is 1. The number of pyridine rings is 1. The summed E-state index contributed by atoms with van der Waals surface area (Å²) in [6, 6.07) is 4.61. The van der Waals surface area contributed by atoms with Gasteiger partial charge >= 0.3 is 5.97 Å². The lowest BCUT2D eigenvalue weighted by molar-refractivity contribution is 0.0519. The molecular formula is C17H22N4O3. The summed E-state index contributed by atoms with van der Waals surface area (Å²) in [5, 5.41) is 0. The van der Waals surface area contributed by atoms with Crippen molar-refractivity contribution in [1.29, 1.82) is 0 Å². The number of aromatic nitrogens is 2. The molecule has 7 nitrogen and oxygen atoms in total. The van der Waals surface area contributed by atoms with Gasteiger partial charge in [0.05, 0.1) is 6.61 Å². The van der Waals surface area contributed by atoms with Crippen LogP contribution in [0.25, 0.3) is 0 Å². The summed E-state index contributed by atoms with van der Waals surface area (Å²) >= 11 is 0. The van der Waals surface area contributed by atoms with Crippen molar-refractivity contribution in [2.24, 2.45) is 0 Å². The number of carbonyl (C=O) groups excluding carboxylic acids is 1. The van der Waals surface area contributed by atoms with Gasteiger partial charge in [-0.1, -0.05) is 0 Å². The van der Waals surface area contributed by atoms with Gasteiger partial charge in [-0.05, 0) is 32.4 Å². The average Bonchev–Trinajstić information content (AvgIpc) is 2.93. The number of hydrogen-bond donors (Lipinski definition) is 0. The standard InChI is InChI=1S/C17H22N4O3/c1-3-23-16(22)15-12-24-17(19-15)21-8-4-7-20(9-10-21)14-5-6-18-13(2)11-14/h5-6,11-12H,3-4,7-10H2,1-2H3. The normalized spacial score (nSPS) is 15.2. The molecule has 1 fully saturated rings. The van der Waals surface area contributed by atoms with Crippen molar-refractivity contribution in [1.82, 2.24) is 9.97 Å². The Labute approximate surface area is 141 Å². The summed E-state index contributed by atoms with van der Waals surface area (Å²) in [6.45, 7) is 7.53. The summed E-state index contributed by atoms with van der Waals surface area (Å²) in [7, 11) is 0. The number of oxazole rings is 1. The molecular weight excluding hydrogens is 308 g/mol. The monoisotopic (exact) mass is 330 g/mol. The van der Waals surface area contributed by atoms with Crippen LogP contribution in [0, 0.1) is 6.92 Å². The Kier molecular flexibility index (Phi) is 4.98. The van der Waals surface area contributed by atoms with Crippen LogP contribution < -0.4 is 9.80 Å². The first-order valence-electron chi connectivity index (χ1n) is 8.22. The predicted octanol–water partition coefficient (Wildman–Crippen LogP) is 2.27. The summed E-state index contributed by atoms with van der Waals surface area (Å²) in [6.07, 6.45) is 4.19. The molecule has 1 saturated heterocycles. The van der Waals surface area contributed by atoms with Crippen molar-refractivity contribution in [3.63, 3.8) is 0 Å². The van der Waals surface area contributed by atoms with E-state index in [-0.39, 0.29) is 5.69 Å². The first-order chi connectivity index (χ1) is 11.7. The van der Waals surface area contributed by atoms with Crippen LogP contribution in [0.5, 0.6) is 0 Å². The van der Waals surface area contributed by atoms with Crippen LogP contribution >= 0.6 is 0 Å². The summed E-state index contributed by atoms with van der Waals surface area (Å²) < 4.78 is 10.4. The van der Waals surface area contributed by atoms with Gasteiger partial charge in [0.1, 0.15) is 6.26 Å². The molecule has 7 heteroatoms. The molecule has 3 rings (SSSR count). The zero-order valence-corrected chi connectivity index (χ0v) is 14.1. The van der Waals surface area contributed by atoms with Gasteiger partial charge in [0.2, 0.25) is 0 Å². The van der Waals surface area contributed by atoms with Gasteiger partial charge < -0.3 is 19.0 Å². The maximum Gasteiger partial charge on any atom is 0.360 e. The van der Waals surface area contributed by atoms with Gasteiger partial charge in [0.15, 0.2) is 5.69 Å². The molecule has 0 unspecified atom stereocenters. The van der Waals surface area contributed by atoms with E-state index < -0.39 is 5.97 Å². The van der Waals surface area contributed by atoms with Crippen LogP contribution in [0.2, 0.25) is 0 Å². The largest absolute Gasteiger partial charge is 0.461 e. The summed E-state index contributed by atoms with van der Waals surface area (Å²) in [5.74, 6) is -0.448. The molecule has 2 aromatic rings. The maximum atomic E-state index is 11.7. The van der Waals surface area contributed by atoms with Crippen molar-refractivity contribution in [3.05, 3.63) is 36.0 Å². The van der Waals surface area contributed by atoms with Crippen molar-refractivity contribution < 1.29 is 13.9 Å². The Hall–Kier alpha value is -2.57. The van der Waals surface area contributed by atoms with E-state index >= 15 is 0 Å². The molecule has 0 spiro atoms. The second kappa shape index (κ2) is 7.33. The SMILES string of the molecule is CCOC(=O)c1coc(N2CCCN(c3ccnc(C)c3)CC2)n1. The van der Waals surface area contributed by atoms with E-state index in [1.165, 1.54) is 12.0 Å². The van der Waals surface area contributed by atoms with E-state index in [1.807, 2.05) is 19.2 Å². The number of anilines is 2. The molecule has 0 aromatic carbocycles. The average molecular weight is 330 g/mol. The molecule has 0 atom stereocenters. The maximum absolute atomic E-state index is 11.7. The molecule has 1 aliphatic heterocycles. The highest BCUT2D eigenvalue weighted by molar-refractivity contribution is 5.87. The number of carbonyl (C=O) groups is 1. The second-order valence-corrected chi connectivity index (χ2v) is 5.72. The summed E-state index contributed by atoms with van der Waals surface area (Å²) in [4.78, 5) is 24.6. The Morgan fingerprint density at radius 2 is 2.08 bits per heavy atom. The van der Waals surface area contributed by atoms with Crippen LogP contribution in [0.1, 0.15) is 29.5 Å². The quantitative estimate of drug-likeness (QED) is 0.796. The third-order valence-corrected chi connectivity index (χ3v) is 3.99. The minimum absolute atomic E-state index is 0.220. The molecule has 0 radical (unpaired) electrons.